The van der Waals surface area contributed by atoms with Gasteiger partial charge in [0, 0.05) is 12.8 Å². The smallest absolute Gasteiger partial charge is 0.328 e. The third kappa shape index (κ3) is 29.0. The summed E-state index contributed by atoms with van der Waals surface area (Å²) in [5.41, 5.74) is 0. The van der Waals surface area contributed by atoms with Crippen LogP contribution in [-0.2, 0) is 23.9 Å². The van der Waals surface area contributed by atoms with Gasteiger partial charge in [-0.15, -0.1) is 0 Å². The van der Waals surface area contributed by atoms with E-state index in [4.69, 9.17) is 14.9 Å². The van der Waals surface area contributed by atoms with Gasteiger partial charge in [0.15, 0.2) is 0 Å². The number of ether oxygens (including phenoxy) is 1. The molecule has 0 bridgehead atoms. The molecule has 2 unspecified atom stereocenters. The quantitative estimate of drug-likeness (QED) is 0.0320. The van der Waals surface area contributed by atoms with Crippen molar-refractivity contribution in [2.24, 2.45) is 0 Å². The number of carboxylic acid groups (broad SMARTS) is 1. The lowest BCUT2D eigenvalue weighted by Crippen LogP contribution is -2.47. The molecular formula is C37H68N2O7. The van der Waals surface area contributed by atoms with Crippen LogP contribution >= 0.6 is 0 Å². The van der Waals surface area contributed by atoms with Gasteiger partial charge >= 0.3 is 11.9 Å². The number of amides is 2. The first-order valence-corrected chi connectivity index (χ1v) is 18.6. The Morgan fingerprint density at radius 2 is 1.13 bits per heavy atom. The fraction of sp³-hybridized carbons (Fsp3) is 0.838. The number of rotatable bonds is 33. The number of carboxylic acids is 1. The van der Waals surface area contributed by atoms with E-state index >= 15 is 0 Å². The van der Waals surface area contributed by atoms with Gasteiger partial charge in [-0.3, -0.25) is 14.4 Å². The zero-order chi connectivity index (χ0) is 34.1. The molecule has 0 aliphatic rings. The van der Waals surface area contributed by atoms with Gasteiger partial charge in [0.1, 0.15) is 12.1 Å². The van der Waals surface area contributed by atoms with Gasteiger partial charge < -0.3 is 25.6 Å². The van der Waals surface area contributed by atoms with E-state index in [-0.39, 0.29) is 30.9 Å². The normalized spacial score (nSPS) is 12.6. The van der Waals surface area contributed by atoms with Crippen LogP contribution in [0.1, 0.15) is 174 Å². The zero-order valence-electron chi connectivity index (χ0n) is 29.3. The maximum absolute atomic E-state index is 12.5. The SMILES string of the molecule is CCCCCCCCC/C=C\CCCCCCCCCC(=O)OC(CCCC)CCCCCC(=O)NCC(=O)NC(CO)C(=O)O. The van der Waals surface area contributed by atoms with Gasteiger partial charge in [0.05, 0.1) is 13.2 Å². The molecule has 0 aromatic carbocycles. The van der Waals surface area contributed by atoms with Crippen LogP contribution in [0.15, 0.2) is 12.2 Å². The summed E-state index contributed by atoms with van der Waals surface area (Å²) >= 11 is 0. The van der Waals surface area contributed by atoms with Crippen LogP contribution in [0.25, 0.3) is 0 Å². The monoisotopic (exact) mass is 653 g/mol. The number of nitrogens with one attached hydrogen (secondary N) is 2. The number of esters is 1. The Morgan fingerprint density at radius 1 is 0.630 bits per heavy atom. The lowest BCUT2D eigenvalue weighted by atomic mass is 10.0. The van der Waals surface area contributed by atoms with Crippen LogP contribution in [0, 0.1) is 0 Å². The van der Waals surface area contributed by atoms with Crippen molar-refractivity contribution in [3.05, 3.63) is 12.2 Å². The Bertz CT molecular complexity index is 803. The lowest BCUT2D eigenvalue weighted by Gasteiger charge is -2.18. The lowest BCUT2D eigenvalue weighted by molar-refractivity contribution is -0.150. The molecule has 0 saturated heterocycles. The first-order chi connectivity index (χ1) is 22.3. The van der Waals surface area contributed by atoms with Crippen molar-refractivity contribution in [1.82, 2.24) is 10.6 Å². The highest BCUT2D eigenvalue weighted by atomic mass is 16.5. The van der Waals surface area contributed by atoms with Crippen molar-refractivity contribution in [1.29, 1.82) is 0 Å². The number of allylic oxidation sites excluding steroid dienone is 2. The molecule has 0 aliphatic carbocycles. The summed E-state index contributed by atoms with van der Waals surface area (Å²) in [5, 5.41) is 22.4. The fourth-order valence-corrected chi connectivity index (χ4v) is 5.34. The Labute approximate surface area is 280 Å². The Balaban J connectivity index is 3.84. The van der Waals surface area contributed by atoms with Crippen molar-refractivity contribution in [3.63, 3.8) is 0 Å². The highest BCUT2D eigenvalue weighted by molar-refractivity contribution is 5.87. The van der Waals surface area contributed by atoms with Crippen LogP contribution in [0.4, 0.5) is 0 Å². The topological polar surface area (TPSA) is 142 Å². The highest BCUT2D eigenvalue weighted by Gasteiger charge is 2.19. The van der Waals surface area contributed by atoms with Gasteiger partial charge in [0.2, 0.25) is 11.8 Å². The largest absolute Gasteiger partial charge is 0.480 e. The van der Waals surface area contributed by atoms with E-state index in [0.29, 0.717) is 12.8 Å². The van der Waals surface area contributed by atoms with Gasteiger partial charge in [-0.1, -0.05) is 116 Å². The van der Waals surface area contributed by atoms with Crippen molar-refractivity contribution >= 4 is 23.8 Å². The molecule has 268 valence electrons. The summed E-state index contributed by atoms with van der Waals surface area (Å²) in [6.45, 7) is 3.33. The van der Waals surface area contributed by atoms with Gasteiger partial charge in [0.25, 0.3) is 0 Å². The minimum absolute atomic E-state index is 0.0803. The first-order valence-electron chi connectivity index (χ1n) is 18.6. The highest BCUT2D eigenvalue weighted by Crippen LogP contribution is 2.17. The minimum Gasteiger partial charge on any atom is -0.480 e. The second kappa shape index (κ2) is 32.5. The van der Waals surface area contributed by atoms with Crippen molar-refractivity contribution in [3.8, 4) is 0 Å². The Kier molecular flexibility index (Phi) is 30.8. The van der Waals surface area contributed by atoms with Gasteiger partial charge in [-0.2, -0.15) is 0 Å². The predicted molar refractivity (Wildman–Crippen MR) is 185 cm³/mol. The molecule has 0 heterocycles. The summed E-state index contributed by atoms with van der Waals surface area (Å²) in [7, 11) is 0. The van der Waals surface area contributed by atoms with Gasteiger partial charge in [-0.25, -0.2) is 4.79 Å². The first kappa shape index (κ1) is 43.6. The van der Waals surface area contributed by atoms with Crippen molar-refractivity contribution < 1.29 is 34.1 Å². The molecule has 0 aromatic rings. The molecule has 0 aromatic heterocycles. The van der Waals surface area contributed by atoms with E-state index in [1.165, 1.54) is 89.9 Å². The average Bonchev–Trinajstić information content (AvgIpc) is 3.04. The number of hydrogen-bond acceptors (Lipinski definition) is 6. The number of carbonyl (C=O) groups excluding carboxylic acids is 3. The predicted octanol–water partition coefficient (Wildman–Crippen LogP) is 7.92. The molecule has 0 aliphatic heterocycles. The molecule has 0 fully saturated rings. The van der Waals surface area contributed by atoms with Crippen LogP contribution < -0.4 is 10.6 Å². The molecular weight excluding hydrogens is 584 g/mol. The molecule has 0 spiro atoms. The van der Waals surface area contributed by atoms with Crippen LogP contribution in [0.2, 0.25) is 0 Å². The summed E-state index contributed by atoms with van der Waals surface area (Å²) in [6, 6.07) is -1.39. The maximum atomic E-state index is 12.5. The minimum atomic E-state index is -1.39. The molecule has 9 nitrogen and oxygen atoms in total. The standard InChI is InChI=1S/C37H68N2O7/c1-3-5-7-8-9-10-11-12-13-14-15-16-17-18-19-20-21-25-29-36(43)46-32(26-6-4-2)27-23-22-24-28-34(41)38-30-35(42)39-33(31-40)37(44)45/h13-14,32-33,40H,3-12,15-31H2,1-2H3,(H,38,41)(H,39,42)(H,44,45)/b14-13-. The van der Waals surface area contributed by atoms with E-state index in [1.807, 2.05) is 0 Å². The van der Waals surface area contributed by atoms with E-state index in [1.54, 1.807) is 0 Å². The molecule has 0 radical (unpaired) electrons. The molecule has 2 atom stereocenters. The van der Waals surface area contributed by atoms with Gasteiger partial charge in [-0.05, 0) is 57.8 Å². The summed E-state index contributed by atoms with van der Waals surface area (Å²) in [4.78, 5) is 47.0. The number of aliphatic carboxylic acids is 1. The fourth-order valence-electron chi connectivity index (χ4n) is 5.34. The summed E-state index contributed by atoms with van der Waals surface area (Å²) in [5.74, 6) is -2.40. The van der Waals surface area contributed by atoms with Crippen molar-refractivity contribution in [2.45, 2.75) is 187 Å². The van der Waals surface area contributed by atoms with Crippen LogP contribution in [0.3, 0.4) is 0 Å². The number of hydrogen-bond donors (Lipinski definition) is 4. The van der Waals surface area contributed by atoms with E-state index in [9.17, 15) is 19.2 Å². The van der Waals surface area contributed by atoms with Crippen molar-refractivity contribution in [2.75, 3.05) is 13.2 Å². The van der Waals surface area contributed by atoms with Crippen LogP contribution in [-0.4, -0.2) is 59.3 Å². The van der Waals surface area contributed by atoms with E-state index in [0.717, 1.165) is 51.4 Å². The van der Waals surface area contributed by atoms with E-state index < -0.39 is 24.5 Å². The number of unbranched alkanes of at least 4 members (excludes halogenated alkanes) is 17. The molecule has 46 heavy (non-hydrogen) atoms. The number of carbonyl (C=O) groups is 4. The third-order valence-corrected chi connectivity index (χ3v) is 8.26. The summed E-state index contributed by atoms with van der Waals surface area (Å²) < 4.78 is 5.81. The average molecular weight is 653 g/mol. The number of aliphatic hydroxyl groups is 1. The van der Waals surface area contributed by atoms with E-state index in [2.05, 4.69) is 36.6 Å². The Hall–Kier alpha value is -2.42. The molecule has 0 saturated carbocycles. The zero-order valence-corrected chi connectivity index (χ0v) is 29.3. The molecule has 2 amide bonds. The third-order valence-electron chi connectivity index (χ3n) is 8.26. The molecule has 4 N–H and O–H groups in total. The summed E-state index contributed by atoms with van der Waals surface area (Å²) in [6.07, 6.45) is 31.6. The maximum Gasteiger partial charge on any atom is 0.328 e. The second-order valence-corrected chi connectivity index (χ2v) is 12.7. The molecule has 9 heteroatoms. The number of aliphatic hydroxyl groups excluding tert-OH is 1. The molecule has 0 rings (SSSR count). The Morgan fingerprint density at radius 3 is 1.70 bits per heavy atom. The van der Waals surface area contributed by atoms with Crippen LogP contribution in [0.5, 0.6) is 0 Å². The second-order valence-electron chi connectivity index (χ2n) is 12.7.